The Morgan fingerprint density at radius 3 is 2.86 bits per heavy atom. The Hall–Kier alpha value is -2.96. The molecule has 1 aliphatic heterocycles. The summed E-state index contributed by atoms with van der Waals surface area (Å²) in [5, 5.41) is 8.29. The van der Waals surface area contributed by atoms with Gasteiger partial charge in [0.05, 0.1) is 23.6 Å². The number of hydrogen-bond donors (Lipinski definition) is 1. The van der Waals surface area contributed by atoms with Gasteiger partial charge in [-0.15, -0.1) is 5.10 Å². The maximum absolute atomic E-state index is 14.1. The molecule has 1 spiro atoms. The fraction of sp³-hybridized carbons (Fsp3) is 0.381. The number of pyridine rings is 1. The van der Waals surface area contributed by atoms with Crippen molar-refractivity contribution < 1.29 is 4.39 Å². The number of fused-ring (bicyclic) bond motifs is 3. The van der Waals surface area contributed by atoms with Crippen LogP contribution in [0, 0.1) is 5.82 Å². The van der Waals surface area contributed by atoms with E-state index in [0.29, 0.717) is 0 Å². The molecule has 0 unspecified atom stereocenters. The minimum atomic E-state index is -0.289. The summed E-state index contributed by atoms with van der Waals surface area (Å²) in [5.74, 6) is 0.530. The predicted molar refractivity (Wildman–Crippen MR) is 106 cm³/mol. The van der Waals surface area contributed by atoms with Crippen LogP contribution in [0.2, 0.25) is 0 Å². The third-order valence-electron chi connectivity index (χ3n) is 6.04. The average molecular weight is 378 g/mol. The van der Waals surface area contributed by atoms with E-state index in [1.807, 2.05) is 23.7 Å². The van der Waals surface area contributed by atoms with Crippen LogP contribution in [0.25, 0.3) is 11.3 Å². The molecule has 0 amide bonds. The lowest BCUT2D eigenvalue weighted by Gasteiger charge is -2.31. The zero-order chi connectivity index (χ0) is 19.5. The number of rotatable bonds is 0. The predicted octanol–water partition coefficient (Wildman–Crippen LogP) is 3.28. The molecule has 0 saturated heterocycles. The fourth-order valence-corrected chi connectivity index (χ4v) is 4.24. The quantitative estimate of drug-likeness (QED) is 0.651. The first-order chi connectivity index (χ1) is 13.5. The van der Waals surface area contributed by atoms with E-state index in [9.17, 15) is 4.39 Å². The van der Waals surface area contributed by atoms with E-state index >= 15 is 0 Å². The number of aryl methyl sites for hydroxylation is 1. The highest BCUT2D eigenvalue weighted by Crippen LogP contribution is 2.52. The third kappa shape index (κ3) is 2.57. The summed E-state index contributed by atoms with van der Waals surface area (Å²) in [4.78, 5) is 11.1. The first-order valence-electron chi connectivity index (χ1n) is 9.67. The zero-order valence-corrected chi connectivity index (χ0v) is 16.1. The van der Waals surface area contributed by atoms with Gasteiger partial charge in [-0.2, -0.15) is 0 Å². The van der Waals surface area contributed by atoms with E-state index in [-0.39, 0.29) is 17.4 Å². The Balaban J connectivity index is 1.70. The van der Waals surface area contributed by atoms with E-state index in [1.165, 1.54) is 6.20 Å². The lowest BCUT2D eigenvalue weighted by atomic mass is 9.97. The van der Waals surface area contributed by atoms with E-state index in [1.54, 1.807) is 12.3 Å². The van der Waals surface area contributed by atoms with Gasteiger partial charge in [0.25, 0.3) is 0 Å². The highest BCUT2D eigenvalue weighted by atomic mass is 19.1. The Bertz CT molecular complexity index is 1080. The molecule has 1 aliphatic carbocycles. The molecule has 4 heterocycles. The standard InChI is InChI=1S/C21H23FN6/c1-13-4-5-17-16(10-15(22)11-23-17)21(8-9-21)27(3)20-7-6-19-24-12-18(14(2)25-13)28(19)26-20/h6-7,10-13,25H,2,4-5,8-9H2,1,3H3/t13-/m1/s1. The number of aromatic nitrogens is 4. The maximum atomic E-state index is 14.1. The van der Waals surface area contributed by atoms with Gasteiger partial charge in [-0.25, -0.2) is 13.9 Å². The Morgan fingerprint density at radius 1 is 1.25 bits per heavy atom. The van der Waals surface area contributed by atoms with Crippen molar-refractivity contribution in [3.05, 3.63) is 59.9 Å². The first-order valence-corrected chi connectivity index (χ1v) is 9.67. The molecular weight excluding hydrogens is 355 g/mol. The molecule has 0 aromatic carbocycles. The lowest BCUT2D eigenvalue weighted by molar-refractivity contribution is 0.568. The van der Waals surface area contributed by atoms with Crippen molar-refractivity contribution in [3.8, 4) is 0 Å². The van der Waals surface area contributed by atoms with E-state index in [2.05, 4.69) is 33.7 Å². The molecule has 1 saturated carbocycles. The number of imidazole rings is 1. The normalized spacial score (nSPS) is 21.0. The smallest absolute Gasteiger partial charge is 0.154 e. The summed E-state index contributed by atoms with van der Waals surface area (Å²) in [6, 6.07) is 5.77. The van der Waals surface area contributed by atoms with Crippen molar-refractivity contribution in [2.75, 3.05) is 11.9 Å². The zero-order valence-electron chi connectivity index (χ0n) is 16.1. The van der Waals surface area contributed by atoms with Crippen LogP contribution < -0.4 is 10.2 Å². The Kier molecular flexibility index (Phi) is 3.69. The summed E-state index contributed by atoms with van der Waals surface area (Å²) in [6.45, 7) is 6.31. The van der Waals surface area contributed by atoms with Gasteiger partial charge in [0.2, 0.25) is 0 Å². The number of hydrogen-bond acceptors (Lipinski definition) is 5. The van der Waals surface area contributed by atoms with Crippen LogP contribution in [0.5, 0.6) is 0 Å². The van der Waals surface area contributed by atoms with Gasteiger partial charge < -0.3 is 10.2 Å². The summed E-state index contributed by atoms with van der Waals surface area (Å²) >= 11 is 0. The van der Waals surface area contributed by atoms with E-state index in [0.717, 1.165) is 59.8 Å². The topological polar surface area (TPSA) is 58.4 Å². The molecule has 28 heavy (non-hydrogen) atoms. The van der Waals surface area contributed by atoms with E-state index in [4.69, 9.17) is 5.10 Å². The molecule has 1 atom stereocenters. The molecule has 144 valence electrons. The SMILES string of the molecule is C=C1N[C@H](C)CCc2ncc(F)cc2C2(CC2)N(C)c2ccc3ncc1n3n2. The second kappa shape index (κ2) is 6.02. The lowest BCUT2D eigenvalue weighted by Crippen LogP contribution is -2.34. The third-order valence-corrected chi connectivity index (χ3v) is 6.04. The van der Waals surface area contributed by atoms with Crippen LogP contribution in [0.3, 0.4) is 0 Å². The monoisotopic (exact) mass is 378 g/mol. The van der Waals surface area contributed by atoms with Crippen molar-refractivity contribution in [1.29, 1.82) is 0 Å². The van der Waals surface area contributed by atoms with Crippen molar-refractivity contribution >= 4 is 17.2 Å². The Labute approximate surface area is 163 Å². The molecule has 2 bridgehead atoms. The molecule has 5 rings (SSSR count). The summed E-state index contributed by atoms with van der Waals surface area (Å²) in [5.41, 5.74) is 4.10. The van der Waals surface area contributed by atoms with Gasteiger partial charge in [0.1, 0.15) is 17.3 Å². The van der Waals surface area contributed by atoms with Crippen molar-refractivity contribution in [2.24, 2.45) is 0 Å². The van der Waals surface area contributed by atoms with Crippen LogP contribution in [0.4, 0.5) is 10.2 Å². The highest BCUT2D eigenvalue weighted by Gasteiger charge is 2.50. The van der Waals surface area contributed by atoms with Crippen molar-refractivity contribution in [3.63, 3.8) is 0 Å². The largest absolute Gasteiger partial charge is 0.381 e. The van der Waals surface area contributed by atoms with Crippen LogP contribution in [0.1, 0.15) is 43.1 Å². The first kappa shape index (κ1) is 17.2. The van der Waals surface area contributed by atoms with Crippen molar-refractivity contribution in [2.45, 2.75) is 44.2 Å². The molecule has 2 aliphatic rings. The summed E-state index contributed by atoms with van der Waals surface area (Å²) in [6.07, 6.45) is 6.69. The van der Waals surface area contributed by atoms with Gasteiger partial charge in [0, 0.05) is 24.3 Å². The van der Waals surface area contributed by atoms with Gasteiger partial charge >= 0.3 is 0 Å². The molecule has 0 radical (unpaired) electrons. The van der Waals surface area contributed by atoms with Crippen LogP contribution in [0.15, 0.2) is 37.2 Å². The molecule has 1 N–H and O–H groups in total. The van der Waals surface area contributed by atoms with Crippen molar-refractivity contribution in [1.82, 2.24) is 24.9 Å². The summed E-state index contributed by atoms with van der Waals surface area (Å²) < 4.78 is 16.0. The van der Waals surface area contributed by atoms with Gasteiger partial charge in [0.15, 0.2) is 5.65 Å². The molecule has 3 aromatic heterocycles. The van der Waals surface area contributed by atoms with Crippen LogP contribution >= 0.6 is 0 Å². The van der Waals surface area contributed by atoms with Crippen LogP contribution in [-0.4, -0.2) is 32.7 Å². The number of halogens is 1. The second-order valence-electron chi connectivity index (χ2n) is 7.91. The minimum absolute atomic E-state index is 0.189. The Morgan fingerprint density at radius 2 is 2.07 bits per heavy atom. The summed E-state index contributed by atoms with van der Waals surface area (Å²) in [7, 11) is 2.03. The highest BCUT2D eigenvalue weighted by molar-refractivity contribution is 5.63. The van der Waals surface area contributed by atoms with E-state index < -0.39 is 0 Å². The second-order valence-corrected chi connectivity index (χ2v) is 7.91. The number of anilines is 1. The minimum Gasteiger partial charge on any atom is -0.381 e. The van der Waals surface area contributed by atoms with Crippen LogP contribution in [-0.2, 0) is 12.0 Å². The van der Waals surface area contributed by atoms with Gasteiger partial charge in [-0.3, -0.25) is 4.98 Å². The van der Waals surface area contributed by atoms with Gasteiger partial charge in [-0.1, -0.05) is 6.58 Å². The average Bonchev–Trinajstić information content (AvgIpc) is 3.38. The molecule has 3 aromatic rings. The maximum Gasteiger partial charge on any atom is 0.154 e. The molecular formula is C21H23FN6. The number of nitrogens with zero attached hydrogens (tertiary/aromatic N) is 5. The molecule has 1 fully saturated rings. The fourth-order valence-electron chi connectivity index (χ4n) is 4.24. The molecule has 7 heteroatoms. The molecule has 6 nitrogen and oxygen atoms in total. The van der Waals surface area contributed by atoms with Gasteiger partial charge in [-0.05, 0) is 50.8 Å². The number of nitrogens with one attached hydrogen (secondary N) is 1.